The minimum Gasteiger partial charge on any atom is -0.490 e. The molecule has 0 bridgehead atoms. The Morgan fingerprint density at radius 1 is 0.719 bits per heavy atom. The van der Waals surface area contributed by atoms with Crippen LogP contribution >= 0.6 is 0 Å². The van der Waals surface area contributed by atoms with Crippen LogP contribution in [0.25, 0.3) is 0 Å². The fraction of sp³-hybridized carbons (Fsp3) is 0.217. The zero-order valence-electron chi connectivity index (χ0n) is 17.9. The Bertz CT molecular complexity index is 1310. The Hall–Kier alpha value is -3.04. The minimum absolute atomic E-state index is 0.0168. The van der Waals surface area contributed by atoms with Gasteiger partial charge in [-0.05, 0) is 55.3 Å². The Labute approximate surface area is 188 Å². The van der Waals surface area contributed by atoms with Crippen LogP contribution in [0, 0.1) is 13.8 Å². The maximum Gasteiger partial charge on any atom is 0.340 e. The largest absolute Gasteiger partial charge is 0.490 e. The minimum atomic E-state index is -4.39. The van der Waals surface area contributed by atoms with Crippen molar-refractivity contribution in [2.45, 2.75) is 23.6 Å². The molecule has 0 saturated carbocycles. The first-order valence-corrected chi connectivity index (χ1v) is 13.0. The normalized spacial score (nSPS) is 11.7. The molecule has 0 aliphatic heterocycles. The number of aryl methyl sites for hydroxylation is 2. The molecule has 3 aromatic rings. The summed E-state index contributed by atoms with van der Waals surface area (Å²) in [6, 6.07) is 17.6. The molecule has 9 heteroatoms. The van der Waals surface area contributed by atoms with Gasteiger partial charge in [-0.2, -0.15) is 8.42 Å². The van der Waals surface area contributed by atoms with Gasteiger partial charge in [0.25, 0.3) is 0 Å². The Balaban J connectivity index is 1.73. The van der Waals surface area contributed by atoms with Crippen LogP contribution < -0.4 is 13.7 Å². The molecule has 0 aliphatic rings. The number of hydrogen-bond donors (Lipinski definition) is 0. The number of sulfone groups is 1. The fourth-order valence-electron chi connectivity index (χ4n) is 3.01. The van der Waals surface area contributed by atoms with Crippen molar-refractivity contribution in [1.29, 1.82) is 0 Å². The third-order valence-corrected chi connectivity index (χ3v) is 7.04. The van der Waals surface area contributed by atoms with Gasteiger partial charge < -0.3 is 13.7 Å². The third kappa shape index (κ3) is 6.02. The molecule has 0 spiro atoms. The summed E-state index contributed by atoms with van der Waals surface area (Å²) in [5.74, 6) is 1.18. The summed E-state index contributed by atoms with van der Waals surface area (Å²) in [6.07, 6.45) is 0.943. The van der Waals surface area contributed by atoms with Gasteiger partial charge in [0, 0.05) is 12.3 Å². The van der Waals surface area contributed by atoms with Gasteiger partial charge in [0.15, 0.2) is 9.84 Å². The molecule has 0 aliphatic carbocycles. The molecule has 0 atom stereocenters. The van der Waals surface area contributed by atoms with E-state index < -0.39 is 24.9 Å². The quantitative estimate of drug-likeness (QED) is 0.341. The predicted molar refractivity (Wildman–Crippen MR) is 121 cm³/mol. The molecule has 0 fully saturated rings. The van der Waals surface area contributed by atoms with Crippen LogP contribution in [0.1, 0.15) is 11.1 Å². The van der Waals surface area contributed by atoms with E-state index in [1.54, 1.807) is 13.0 Å². The molecule has 170 valence electrons. The summed E-state index contributed by atoms with van der Waals surface area (Å²) in [5.41, 5.74) is 1.72. The molecule has 0 amide bonds. The first-order chi connectivity index (χ1) is 15.1. The summed E-state index contributed by atoms with van der Waals surface area (Å²) < 4.78 is 66.2. The second-order valence-corrected chi connectivity index (χ2v) is 10.7. The van der Waals surface area contributed by atoms with Crippen molar-refractivity contribution in [2.24, 2.45) is 0 Å². The molecule has 3 rings (SSSR count). The summed E-state index contributed by atoms with van der Waals surface area (Å²) in [5, 5.41) is 0. The number of para-hydroxylation sites is 1. The van der Waals surface area contributed by atoms with E-state index in [2.05, 4.69) is 0 Å². The average Bonchev–Trinajstić information content (AvgIpc) is 2.71. The Morgan fingerprint density at radius 3 is 2.00 bits per heavy atom. The smallest absolute Gasteiger partial charge is 0.340 e. The summed E-state index contributed by atoms with van der Waals surface area (Å²) in [4.78, 5) is -0.740. The van der Waals surface area contributed by atoms with Gasteiger partial charge in [0.1, 0.15) is 35.4 Å². The third-order valence-electron chi connectivity index (χ3n) is 4.45. The van der Waals surface area contributed by atoms with E-state index in [-0.39, 0.29) is 17.3 Å². The number of hydrogen-bond acceptors (Lipinski definition) is 7. The van der Waals surface area contributed by atoms with Crippen LogP contribution in [0.2, 0.25) is 0 Å². The topological polar surface area (TPSA) is 96.0 Å². The zero-order chi connectivity index (χ0) is 23.4. The second-order valence-electron chi connectivity index (χ2n) is 7.20. The first kappa shape index (κ1) is 23.6. The Morgan fingerprint density at radius 2 is 1.31 bits per heavy atom. The van der Waals surface area contributed by atoms with Crippen LogP contribution in [0.15, 0.2) is 76.5 Å². The summed E-state index contributed by atoms with van der Waals surface area (Å²) >= 11 is 0. The molecule has 0 radical (unpaired) electrons. The van der Waals surface area contributed by atoms with E-state index in [1.807, 2.05) is 31.2 Å². The van der Waals surface area contributed by atoms with Crippen LogP contribution in [0.5, 0.6) is 17.2 Å². The second kappa shape index (κ2) is 9.62. The van der Waals surface area contributed by atoms with Gasteiger partial charge in [0.2, 0.25) is 0 Å². The maximum atomic E-state index is 12.8. The van der Waals surface area contributed by atoms with Gasteiger partial charge >= 0.3 is 10.1 Å². The molecule has 0 saturated heterocycles. The maximum absolute atomic E-state index is 12.8. The van der Waals surface area contributed by atoms with E-state index >= 15 is 0 Å². The lowest BCUT2D eigenvalue weighted by Gasteiger charge is -2.13. The van der Waals surface area contributed by atoms with E-state index in [4.69, 9.17) is 13.7 Å². The molecular formula is C23H24O7S2. The molecule has 7 nitrogen and oxygen atoms in total. The van der Waals surface area contributed by atoms with Gasteiger partial charge in [-0.15, -0.1) is 0 Å². The standard InChI is InChI=1S/C23H24O7S2/c1-17-14-19(28-12-13-29-21-9-5-4-8-18(21)2)16-20(15-17)30-32(26,27)23-11-7-6-10-22(23)31(3,24)25/h4-11,14-16H,12-13H2,1-3H3. The number of rotatable bonds is 9. The fourth-order valence-corrected chi connectivity index (χ4v) is 5.53. The highest BCUT2D eigenvalue weighted by Gasteiger charge is 2.25. The van der Waals surface area contributed by atoms with Gasteiger partial charge in [-0.1, -0.05) is 30.3 Å². The van der Waals surface area contributed by atoms with Crippen LogP contribution in [0.4, 0.5) is 0 Å². The van der Waals surface area contributed by atoms with Crippen LogP contribution in [0.3, 0.4) is 0 Å². The van der Waals surface area contributed by atoms with Crippen molar-refractivity contribution in [1.82, 2.24) is 0 Å². The molecule has 3 aromatic carbocycles. The molecule has 0 heterocycles. The van der Waals surface area contributed by atoms with Crippen molar-refractivity contribution in [3.63, 3.8) is 0 Å². The number of ether oxygens (including phenoxy) is 2. The monoisotopic (exact) mass is 476 g/mol. The van der Waals surface area contributed by atoms with Crippen LogP contribution in [-0.4, -0.2) is 36.3 Å². The van der Waals surface area contributed by atoms with Crippen molar-refractivity contribution < 1.29 is 30.5 Å². The van der Waals surface area contributed by atoms with Crippen molar-refractivity contribution >= 4 is 20.0 Å². The van der Waals surface area contributed by atoms with Gasteiger partial charge in [0.05, 0.1) is 4.90 Å². The molecular weight excluding hydrogens is 452 g/mol. The molecule has 32 heavy (non-hydrogen) atoms. The lowest BCUT2D eigenvalue weighted by molar-refractivity contribution is 0.216. The molecule has 0 N–H and O–H groups in total. The van der Waals surface area contributed by atoms with Crippen molar-refractivity contribution in [2.75, 3.05) is 19.5 Å². The lowest BCUT2D eigenvalue weighted by Crippen LogP contribution is -2.14. The summed E-state index contributed by atoms with van der Waals surface area (Å²) in [7, 11) is -8.15. The zero-order valence-corrected chi connectivity index (χ0v) is 19.6. The highest BCUT2D eigenvalue weighted by Crippen LogP contribution is 2.28. The van der Waals surface area contributed by atoms with E-state index in [9.17, 15) is 16.8 Å². The molecule has 0 aromatic heterocycles. The SMILES string of the molecule is Cc1cc(OCCOc2ccccc2C)cc(OS(=O)(=O)c2ccccc2S(C)(=O)=O)c1. The first-order valence-electron chi connectivity index (χ1n) is 9.73. The van der Waals surface area contributed by atoms with Crippen LogP contribution in [-0.2, 0) is 20.0 Å². The number of benzene rings is 3. The van der Waals surface area contributed by atoms with E-state index in [0.717, 1.165) is 17.6 Å². The highest BCUT2D eigenvalue weighted by atomic mass is 32.2. The van der Waals surface area contributed by atoms with E-state index in [0.29, 0.717) is 17.9 Å². The molecule has 0 unspecified atom stereocenters. The highest BCUT2D eigenvalue weighted by molar-refractivity contribution is 7.92. The van der Waals surface area contributed by atoms with Gasteiger partial charge in [-0.3, -0.25) is 0 Å². The van der Waals surface area contributed by atoms with Crippen molar-refractivity contribution in [3.8, 4) is 17.2 Å². The predicted octanol–water partition coefficient (Wildman–Crippen LogP) is 3.93. The lowest BCUT2D eigenvalue weighted by atomic mass is 10.2. The van der Waals surface area contributed by atoms with Gasteiger partial charge in [-0.25, -0.2) is 8.42 Å². The van der Waals surface area contributed by atoms with Crippen molar-refractivity contribution in [3.05, 3.63) is 77.9 Å². The van der Waals surface area contributed by atoms with E-state index in [1.165, 1.54) is 36.4 Å². The Kier molecular flexibility index (Phi) is 7.10. The average molecular weight is 477 g/mol. The summed E-state index contributed by atoms with van der Waals surface area (Å²) in [6.45, 7) is 4.25.